The van der Waals surface area contributed by atoms with Gasteiger partial charge in [-0.2, -0.15) is 10.1 Å². The molecule has 0 radical (unpaired) electrons. The van der Waals surface area contributed by atoms with Gasteiger partial charge in [0.15, 0.2) is 0 Å². The van der Waals surface area contributed by atoms with E-state index in [9.17, 15) is 4.79 Å². The summed E-state index contributed by atoms with van der Waals surface area (Å²) < 4.78 is 5.38. The number of fused-ring (bicyclic) bond motifs is 1. The van der Waals surface area contributed by atoms with Gasteiger partial charge in [0, 0.05) is 36.5 Å². The van der Waals surface area contributed by atoms with Gasteiger partial charge in [-0.3, -0.25) is 9.89 Å². The smallest absolute Gasteiger partial charge is 0.294 e. The van der Waals surface area contributed by atoms with E-state index in [4.69, 9.17) is 4.74 Å². The highest BCUT2D eigenvalue weighted by atomic mass is 16.5. The van der Waals surface area contributed by atoms with Crippen molar-refractivity contribution in [3.05, 3.63) is 41.7 Å². The fourth-order valence-electron chi connectivity index (χ4n) is 3.39. The van der Waals surface area contributed by atoms with Gasteiger partial charge in [-0.1, -0.05) is 0 Å². The number of hydrogen-bond donors (Lipinski definition) is 2. The Kier molecular flexibility index (Phi) is 4.13. The molecule has 0 aliphatic carbocycles. The molecule has 7 heteroatoms. The third-order valence-corrected chi connectivity index (χ3v) is 4.73. The number of rotatable bonds is 4. The lowest BCUT2D eigenvalue weighted by atomic mass is 9.93. The van der Waals surface area contributed by atoms with Crippen molar-refractivity contribution in [1.82, 2.24) is 25.1 Å². The molecule has 0 bridgehead atoms. The molecular formula is C18H21N5O2. The number of nitrogens with zero attached hydrogens (tertiary/aromatic N) is 3. The van der Waals surface area contributed by atoms with Crippen LogP contribution in [0.3, 0.4) is 0 Å². The molecular weight excluding hydrogens is 318 g/mol. The number of imidazole rings is 1. The van der Waals surface area contributed by atoms with Crippen LogP contribution in [0.25, 0.3) is 11.0 Å². The van der Waals surface area contributed by atoms with Gasteiger partial charge in [0.2, 0.25) is 0 Å². The number of benzene rings is 1. The predicted octanol–water partition coefficient (Wildman–Crippen LogP) is 2.70. The number of nitrogens with one attached hydrogen (secondary N) is 2. The Hall–Kier alpha value is -2.83. The van der Waals surface area contributed by atoms with Gasteiger partial charge in [0.25, 0.3) is 11.9 Å². The molecule has 1 aromatic carbocycles. The van der Waals surface area contributed by atoms with E-state index in [2.05, 4.69) is 20.2 Å². The van der Waals surface area contributed by atoms with E-state index in [1.54, 1.807) is 6.20 Å². The molecule has 0 saturated carbocycles. The lowest BCUT2D eigenvalue weighted by Gasteiger charge is -2.31. The third-order valence-electron chi connectivity index (χ3n) is 4.73. The van der Waals surface area contributed by atoms with Crippen LogP contribution in [-0.4, -0.2) is 50.7 Å². The Morgan fingerprint density at radius 1 is 1.32 bits per heavy atom. The van der Waals surface area contributed by atoms with Gasteiger partial charge in [-0.15, -0.1) is 0 Å². The number of H-pyrrole nitrogens is 2. The molecule has 2 aromatic heterocycles. The van der Waals surface area contributed by atoms with Gasteiger partial charge in [0.1, 0.15) is 0 Å². The van der Waals surface area contributed by atoms with E-state index < -0.39 is 0 Å². The highest BCUT2D eigenvalue weighted by Crippen LogP contribution is 2.27. The standard InChI is InChI=1S/C18H21N5O2/c1-2-25-18-20-15-4-3-13(11-16(15)21-18)17(24)23-9-6-12(7-10-23)14-5-8-19-22-14/h3-5,8,11-12H,2,6-7,9-10H2,1H3,(H,19,22)(H,20,21). The maximum atomic E-state index is 12.8. The number of aromatic amines is 2. The molecule has 0 spiro atoms. The Morgan fingerprint density at radius 2 is 2.16 bits per heavy atom. The van der Waals surface area contributed by atoms with Crippen molar-refractivity contribution in [2.45, 2.75) is 25.7 Å². The van der Waals surface area contributed by atoms with E-state index in [1.165, 1.54) is 0 Å². The molecule has 2 N–H and O–H groups in total. The Morgan fingerprint density at radius 3 is 2.88 bits per heavy atom. The van der Waals surface area contributed by atoms with E-state index >= 15 is 0 Å². The SMILES string of the molecule is CCOc1nc2ccc(C(=O)N3CCC(c4ccn[nH]4)CC3)cc2[nH]1. The molecule has 1 fully saturated rings. The fraction of sp³-hybridized carbons (Fsp3) is 0.389. The highest BCUT2D eigenvalue weighted by Gasteiger charge is 2.25. The van der Waals surface area contributed by atoms with Crippen LogP contribution in [0.5, 0.6) is 6.01 Å². The van der Waals surface area contributed by atoms with Crippen molar-refractivity contribution in [3.8, 4) is 6.01 Å². The van der Waals surface area contributed by atoms with Crippen molar-refractivity contribution in [1.29, 1.82) is 0 Å². The second-order valence-corrected chi connectivity index (χ2v) is 6.29. The summed E-state index contributed by atoms with van der Waals surface area (Å²) >= 11 is 0. The molecule has 7 nitrogen and oxygen atoms in total. The largest absolute Gasteiger partial charge is 0.465 e. The van der Waals surface area contributed by atoms with E-state index in [0.717, 1.165) is 42.7 Å². The number of likely N-dealkylation sites (tertiary alicyclic amines) is 1. The van der Waals surface area contributed by atoms with Crippen LogP contribution in [0, 0.1) is 0 Å². The average Bonchev–Trinajstić information content (AvgIpc) is 3.30. The molecule has 3 aromatic rings. The normalized spacial score (nSPS) is 15.6. The monoisotopic (exact) mass is 339 g/mol. The zero-order chi connectivity index (χ0) is 17.2. The lowest BCUT2D eigenvalue weighted by Crippen LogP contribution is -2.38. The fourth-order valence-corrected chi connectivity index (χ4v) is 3.39. The second-order valence-electron chi connectivity index (χ2n) is 6.29. The Balaban J connectivity index is 1.46. The Bertz CT molecular complexity index is 863. The van der Waals surface area contributed by atoms with E-state index in [0.29, 0.717) is 24.1 Å². The molecule has 130 valence electrons. The quantitative estimate of drug-likeness (QED) is 0.765. The molecule has 1 amide bonds. The molecule has 1 saturated heterocycles. The predicted molar refractivity (Wildman–Crippen MR) is 93.7 cm³/mol. The van der Waals surface area contributed by atoms with Crippen LogP contribution in [0.4, 0.5) is 0 Å². The lowest BCUT2D eigenvalue weighted by molar-refractivity contribution is 0.0712. The molecule has 4 rings (SSSR count). The first kappa shape index (κ1) is 15.7. The van der Waals surface area contributed by atoms with E-state index in [1.807, 2.05) is 36.1 Å². The van der Waals surface area contributed by atoms with Gasteiger partial charge in [-0.25, -0.2) is 0 Å². The van der Waals surface area contributed by atoms with Crippen molar-refractivity contribution in [2.24, 2.45) is 0 Å². The van der Waals surface area contributed by atoms with Gasteiger partial charge < -0.3 is 14.6 Å². The number of aromatic nitrogens is 4. The van der Waals surface area contributed by atoms with Crippen LogP contribution in [0.15, 0.2) is 30.5 Å². The highest BCUT2D eigenvalue weighted by molar-refractivity contribution is 5.97. The molecule has 25 heavy (non-hydrogen) atoms. The zero-order valence-corrected chi connectivity index (χ0v) is 14.2. The summed E-state index contributed by atoms with van der Waals surface area (Å²) in [6.07, 6.45) is 3.69. The van der Waals surface area contributed by atoms with E-state index in [-0.39, 0.29) is 5.91 Å². The van der Waals surface area contributed by atoms with Gasteiger partial charge in [-0.05, 0) is 44.0 Å². The molecule has 0 atom stereocenters. The number of piperidine rings is 1. The van der Waals surface area contributed by atoms with Crippen molar-refractivity contribution >= 4 is 16.9 Å². The first-order chi connectivity index (χ1) is 12.2. The Labute approximate surface area is 145 Å². The minimum atomic E-state index is 0.0671. The summed E-state index contributed by atoms with van der Waals surface area (Å²) in [5, 5.41) is 7.06. The minimum Gasteiger partial charge on any atom is -0.465 e. The summed E-state index contributed by atoms with van der Waals surface area (Å²) in [5.41, 5.74) is 3.47. The zero-order valence-electron chi connectivity index (χ0n) is 14.2. The number of carbonyl (C=O) groups excluding carboxylic acids is 1. The van der Waals surface area contributed by atoms with Crippen molar-refractivity contribution < 1.29 is 9.53 Å². The number of carbonyl (C=O) groups is 1. The van der Waals surface area contributed by atoms with Gasteiger partial charge >= 0.3 is 0 Å². The maximum Gasteiger partial charge on any atom is 0.294 e. The van der Waals surface area contributed by atoms with Gasteiger partial charge in [0.05, 0.1) is 17.6 Å². The number of ether oxygens (including phenoxy) is 1. The minimum absolute atomic E-state index is 0.0671. The summed E-state index contributed by atoms with van der Waals surface area (Å²) in [4.78, 5) is 22.2. The number of hydrogen-bond acceptors (Lipinski definition) is 4. The third kappa shape index (κ3) is 3.09. The maximum absolute atomic E-state index is 12.8. The van der Waals surface area contributed by atoms with Crippen LogP contribution in [-0.2, 0) is 0 Å². The summed E-state index contributed by atoms with van der Waals surface area (Å²) in [6, 6.07) is 8.06. The van der Waals surface area contributed by atoms with Crippen molar-refractivity contribution in [2.75, 3.05) is 19.7 Å². The molecule has 1 aliphatic heterocycles. The number of amides is 1. The summed E-state index contributed by atoms with van der Waals surface area (Å²) in [7, 11) is 0. The summed E-state index contributed by atoms with van der Waals surface area (Å²) in [5.74, 6) is 0.521. The second kappa shape index (κ2) is 6.58. The molecule has 3 heterocycles. The first-order valence-corrected chi connectivity index (χ1v) is 8.65. The summed E-state index contributed by atoms with van der Waals surface area (Å²) in [6.45, 7) is 3.98. The van der Waals surface area contributed by atoms with Crippen LogP contribution in [0.2, 0.25) is 0 Å². The topological polar surface area (TPSA) is 86.9 Å². The van der Waals surface area contributed by atoms with Crippen LogP contribution in [0.1, 0.15) is 41.7 Å². The van der Waals surface area contributed by atoms with Crippen LogP contribution >= 0.6 is 0 Å². The van der Waals surface area contributed by atoms with Crippen LogP contribution < -0.4 is 4.74 Å². The molecule has 1 aliphatic rings. The van der Waals surface area contributed by atoms with Crippen molar-refractivity contribution in [3.63, 3.8) is 0 Å². The first-order valence-electron chi connectivity index (χ1n) is 8.65. The molecule has 0 unspecified atom stereocenters. The average molecular weight is 339 g/mol.